The van der Waals surface area contributed by atoms with E-state index in [1.165, 1.54) is 11.3 Å². The maximum Gasteiger partial charge on any atom is 0.319 e. The van der Waals surface area contributed by atoms with Gasteiger partial charge < -0.3 is 14.8 Å². The summed E-state index contributed by atoms with van der Waals surface area (Å²) >= 11 is 1.42. The first kappa shape index (κ1) is 16.2. The monoisotopic (exact) mass is 335 g/mol. The Balaban J connectivity index is 1.67. The van der Waals surface area contributed by atoms with Gasteiger partial charge in [-0.05, 0) is 32.3 Å². The summed E-state index contributed by atoms with van der Waals surface area (Å²) in [7, 11) is 0. The first-order chi connectivity index (χ1) is 11.0. The maximum atomic E-state index is 12.1. The van der Waals surface area contributed by atoms with Crippen molar-refractivity contribution in [2.75, 3.05) is 18.5 Å². The van der Waals surface area contributed by atoms with E-state index < -0.39 is 0 Å². The molecular formula is C16H21N3O3S. The lowest BCUT2D eigenvalue weighted by Gasteiger charge is -2.29. The first-order valence-corrected chi connectivity index (χ1v) is 8.65. The summed E-state index contributed by atoms with van der Waals surface area (Å²) in [5, 5.41) is 15.7. The van der Waals surface area contributed by atoms with Crippen molar-refractivity contribution in [2.24, 2.45) is 0 Å². The Morgan fingerprint density at radius 3 is 3.04 bits per heavy atom. The Morgan fingerprint density at radius 1 is 1.52 bits per heavy atom. The molecular weight excluding hydrogens is 314 g/mol. The van der Waals surface area contributed by atoms with E-state index in [0.29, 0.717) is 30.1 Å². The predicted octanol–water partition coefficient (Wildman–Crippen LogP) is 2.77. The number of carbonyl (C=O) groups excluding carboxylic acids is 1. The van der Waals surface area contributed by atoms with Gasteiger partial charge in [-0.3, -0.25) is 5.32 Å². The molecule has 0 aliphatic carbocycles. The van der Waals surface area contributed by atoms with Crippen molar-refractivity contribution >= 4 is 22.4 Å². The Morgan fingerprint density at radius 2 is 2.35 bits per heavy atom. The molecule has 23 heavy (non-hydrogen) atoms. The van der Waals surface area contributed by atoms with E-state index in [1.54, 1.807) is 0 Å². The molecule has 0 spiro atoms. The third kappa shape index (κ3) is 3.66. The molecule has 1 aromatic heterocycles. The topological polar surface area (TPSA) is 83.4 Å². The molecule has 3 heterocycles. The Labute approximate surface area is 139 Å². The summed E-state index contributed by atoms with van der Waals surface area (Å²) in [6.45, 7) is 5.77. The van der Waals surface area contributed by atoms with Crippen LogP contribution in [0.3, 0.4) is 0 Å². The second-order valence-electron chi connectivity index (χ2n) is 6.51. The number of urea groups is 1. The third-order valence-corrected chi connectivity index (χ3v) is 5.26. The lowest BCUT2D eigenvalue weighted by molar-refractivity contribution is -0.0383. The highest BCUT2D eigenvalue weighted by molar-refractivity contribution is 7.16. The van der Waals surface area contributed by atoms with Gasteiger partial charge >= 0.3 is 6.03 Å². The van der Waals surface area contributed by atoms with Gasteiger partial charge in [-0.1, -0.05) is 0 Å². The molecule has 1 atom stereocenters. The van der Waals surface area contributed by atoms with Gasteiger partial charge in [0, 0.05) is 24.4 Å². The summed E-state index contributed by atoms with van der Waals surface area (Å²) in [6.07, 6.45) is 2.80. The number of ether oxygens (including phenoxy) is 2. The van der Waals surface area contributed by atoms with Crippen LogP contribution in [-0.4, -0.2) is 30.9 Å². The second-order valence-corrected chi connectivity index (χ2v) is 7.62. The van der Waals surface area contributed by atoms with Crippen molar-refractivity contribution in [3.63, 3.8) is 0 Å². The van der Waals surface area contributed by atoms with Crippen LogP contribution >= 0.6 is 11.3 Å². The maximum absolute atomic E-state index is 12.1. The average Bonchev–Trinajstić information content (AvgIpc) is 3.11. The largest absolute Gasteiger partial charge is 0.376 e. The van der Waals surface area contributed by atoms with Crippen LogP contribution in [0, 0.1) is 11.3 Å². The molecule has 0 radical (unpaired) electrons. The summed E-state index contributed by atoms with van der Waals surface area (Å²) in [5.41, 5.74) is 1.29. The van der Waals surface area contributed by atoms with Crippen molar-refractivity contribution in [3.8, 4) is 6.07 Å². The van der Waals surface area contributed by atoms with Gasteiger partial charge in [-0.2, -0.15) is 5.26 Å². The molecule has 0 saturated carbocycles. The second kappa shape index (κ2) is 6.48. The number of anilines is 1. The van der Waals surface area contributed by atoms with Gasteiger partial charge in [0.05, 0.1) is 23.9 Å². The minimum absolute atomic E-state index is 0.0990. The summed E-state index contributed by atoms with van der Waals surface area (Å²) < 4.78 is 11.3. The van der Waals surface area contributed by atoms with Gasteiger partial charge in [-0.25, -0.2) is 4.79 Å². The molecule has 1 fully saturated rings. The molecule has 0 aromatic carbocycles. The molecule has 2 aliphatic heterocycles. The van der Waals surface area contributed by atoms with Gasteiger partial charge in [0.1, 0.15) is 11.1 Å². The smallest absolute Gasteiger partial charge is 0.319 e. The normalized spacial score (nSPS) is 22.2. The molecule has 7 heteroatoms. The van der Waals surface area contributed by atoms with Crippen molar-refractivity contribution in [2.45, 2.75) is 51.4 Å². The van der Waals surface area contributed by atoms with Gasteiger partial charge in [0.2, 0.25) is 0 Å². The van der Waals surface area contributed by atoms with Crippen LogP contribution in [0.15, 0.2) is 0 Å². The van der Waals surface area contributed by atoms with Crippen LogP contribution in [0.25, 0.3) is 0 Å². The summed E-state index contributed by atoms with van der Waals surface area (Å²) in [6, 6.07) is 1.94. The average molecular weight is 335 g/mol. The fourth-order valence-electron chi connectivity index (χ4n) is 2.92. The number of thiophene rings is 1. The zero-order chi connectivity index (χ0) is 16.4. The Kier molecular flexibility index (Phi) is 4.57. The SMILES string of the molecule is CC1(C)Cc2c(sc(NC(=O)NCC3CCCO3)c2C#N)CO1. The number of fused-ring (bicyclic) bond motifs is 1. The van der Waals surface area contributed by atoms with E-state index in [1.807, 2.05) is 13.8 Å². The molecule has 1 unspecified atom stereocenters. The van der Waals surface area contributed by atoms with Crippen LogP contribution in [0.1, 0.15) is 42.7 Å². The molecule has 1 aromatic rings. The zero-order valence-corrected chi connectivity index (χ0v) is 14.2. The molecule has 3 rings (SSSR count). The van der Waals surface area contributed by atoms with E-state index in [-0.39, 0.29) is 17.7 Å². The van der Waals surface area contributed by atoms with E-state index in [2.05, 4.69) is 16.7 Å². The van der Waals surface area contributed by atoms with Crippen LogP contribution in [0.5, 0.6) is 0 Å². The van der Waals surface area contributed by atoms with E-state index in [4.69, 9.17) is 9.47 Å². The lowest BCUT2D eigenvalue weighted by atomic mass is 9.93. The van der Waals surface area contributed by atoms with E-state index >= 15 is 0 Å². The molecule has 1 saturated heterocycles. The molecule has 124 valence electrons. The number of hydrogen-bond donors (Lipinski definition) is 2. The van der Waals surface area contributed by atoms with E-state index in [0.717, 1.165) is 29.9 Å². The molecule has 0 bridgehead atoms. The minimum atomic E-state index is -0.296. The number of amides is 2. The zero-order valence-electron chi connectivity index (χ0n) is 13.4. The Bertz CT molecular complexity index is 642. The number of rotatable bonds is 3. The first-order valence-electron chi connectivity index (χ1n) is 7.83. The third-order valence-electron chi connectivity index (χ3n) is 4.14. The number of nitriles is 1. The quantitative estimate of drug-likeness (QED) is 0.890. The highest BCUT2D eigenvalue weighted by atomic mass is 32.1. The summed E-state index contributed by atoms with van der Waals surface area (Å²) in [4.78, 5) is 13.1. The molecule has 6 nitrogen and oxygen atoms in total. The van der Waals surface area contributed by atoms with Crippen molar-refractivity contribution in [1.29, 1.82) is 5.26 Å². The molecule has 2 aliphatic rings. The predicted molar refractivity (Wildman–Crippen MR) is 87.6 cm³/mol. The molecule has 2 amide bonds. The summed E-state index contributed by atoms with van der Waals surface area (Å²) in [5.74, 6) is 0. The highest BCUT2D eigenvalue weighted by Crippen LogP contribution is 2.39. The standard InChI is InChI=1S/C16H21N3O3S/c1-16(2)6-11-12(7-17)14(23-13(11)9-22-16)19-15(20)18-8-10-4-3-5-21-10/h10H,3-6,8-9H2,1-2H3,(H2,18,19,20). The van der Waals surface area contributed by atoms with Crippen LogP contribution in [-0.2, 0) is 22.5 Å². The number of nitrogens with zero attached hydrogens (tertiary/aromatic N) is 1. The number of nitrogens with one attached hydrogen (secondary N) is 2. The lowest BCUT2D eigenvalue weighted by Crippen LogP contribution is -2.35. The minimum Gasteiger partial charge on any atom is -0.376 e. The van der Waals surface area contributed by atoms with Crippen molar-refractivity contribution in [3.05, 3.63) is 16.0 Å². The fourth-order valence-corrected chi connectivity index (χ4v) is 4.00. The van der Waals surface area contributed by atoms with Crippen molar-refractivity contribution in [1.82, 2.24) is 5.32 Å². The highest BCUT2D eigenvalue weighted by Gasteiger charge is 2.31. The van der Waals surface area contributed by atoms with Crippen LogP contribution in [0.4, 0.5) is 9.80 Å². The van der Waals surface area contributed by atoms with Gasteiger partial charge in [0.25, 0.3) is 0 Å². The number of hydrogen-bond acceptors (Lipinski definition) is 5. The molecule has 2 N–H and O–H groups in total. The van der Waals surface area contributed by atoms with Crippen molar-refractivity contribution < 1.29 is 14.3 Å². The fraction of sp³-hybridized carbons (Fsp3) is 0.625. The van der Waals surface area contributed by atoms with Crippen LogP contribution < -0.4 is 10.6 Å². The Hall–Kier alpha value is -1.62. The van der Waals surface area contributed by atoms with E-state index in [9.17, 15) is 10.1 Å². The van der Waals surface area contributed by atoms with Crippen LogP contribution in [0.2, 0.25) is 0 Å². The van der Waals surface area contributed by atoms with Gasteiger partial charge in [0.15, 0.2) is 0 Å². The number of carbonyl (C=O) groups is 1. The van der Waals surface area contributed by atoms with Gasteiger partial charge in [-0.15, -0.1) is 11.3 Å².